The summed E-state index contributed by atoms with van der Waals surface area (Å²) in [4.78, 5) is 0. The topological polar surface area (TPSA) is 35.3 Å². The first-order valence-corrected chi connectivity index (χ1v) is 6.61. The zero-order valence-corrected chi connectivity index (χ0v) is 11.9. The van der Waals surface area contributed by atoms with Crippen LogP contribution < -0.4 is 4.74 Å². The van der Waals surface area contributed by atoms with Crippen molar-refractivity contribution in [2.45, 2.75) is 0 Å². The van der Waals surface area contributed by atoms with Gasteiger partial charge in [0.2, 0.25) is 0 Å². The van der Waals surface area contributed by atoms with Crippen molar-refractivity contribution in [3.05, 3.63) is 58.5 Å². The Balaban J connectivity index is 2.05. The maximum absolute atomic E-state index is 12.9. The first-order valence-electron chi connectivity index (χ1n) is 6.23. The van der Waals surface area contributed by atoms with Crippen LogP contribution in [0.5, 0.6) is 5.75 Å². The third kappa shape index (κ3) is 2.62. The van der Waals surface area contributed by atoms with Gasteiger partial charge >= 0.3 is 0 Å². The smallest absolute Gasteiger partial charge is 0.189 e. The second-order valence-corrected chi connectivity index (χ2v) is 4.81. The Hall–Kier alpha value is -2.33. The van der Waals surface area contributed by atoms with E-state index in [1.807, 2.05) is 18.2 Å². The fraction of sp³-hybridized carbons (Fsp3) is 0.0625. The molecule has 0 N–H and O–H groups in total. The summed E-state index contributed by atoms with van der Waals surface area (Å²) in [6.07, 6.45) is 5.35. The van der Waals surface area contributed by atoms with Crippen molar-refractivity contribution in [1.29, 1.82) is 0 Å². The van der Waals surface area contributed by atoms with Gasteiger partial charge in [-0.3, -0.25) is 0 Å². The number of nitrogens with zero attached hydrogens (tertiary/aromatic N) is 1. The van der Waals surface area contributed by atoms with E-state index in [9.17, 15) is 4.39 Å². The van der Waals surface area contributed by atoms with Crippen molar-refractivity contribution in [2.24, 2.45) is 0 Å². The van der Waals surface area contributed by atoms with E-state index in [0.29, 0.717) is 16.4 Å². The van der Waals surface area contributed by atoms with E-state index in [-0.39, 0.29) is 5.82 Å². The highest BCUT2D eigenvalue weighted by Gasteiger charge is 2.13. The molecule has 3 aromatic rings. The van der Waals surface area contributed by atoms with Crippen LogP contribution in [0.4, 0.5) is 4.39 Å². The SMILES string of the molecule is COc1cc(/C=C/c2ccc(F)cc2)c2cnoc2c1Cl. The molecule has 0 saturated carbocycles. The van der Waals surface area contributed by atoms with Crippen molar-refractivity contribution < 1.29 is 13.7 Å². The number of ether oxygens (including phenoxy) is 1. The van der Waals surface area contributed by atoms with E-state index in [0.717, 1.165) is 16.5 Å². The summed E-state index contributed by atoms with van der Waals surface area (Å²) in [6, 6.07) is 8.03. The predicted molar refractivity (Wildman–Crippen MR) is 80.9 cm³/mol. The van der Waals surface area contributed by atoms with E-state index in [1.54, 1.807) is 18.3 Å². The second kappa shape index (κ2) is 5.58. The van der Waals surface area contributed by atoms with E-state index in [2.05, 4.69) is 5.16 Å². The molecule has 21 heavy (non-hydrogen) atoms. The molecular formula is C16H11ClFNO2. The third-order valence-corrected chi connectivity index (χ3v) is 3.49. The summed E-state index contributed by atoms with van der Waals surface area (Å²) in [5.74, 6) is 0.251. The van der Waals surface area contributed by atoms with Crippen LogP contribution >= 0.6 is 11.6 Å². The summed E-state index contributed by atoms with van der Waals surface area (Å²) in [5.41, 5.74) is 2.22. The Morgan fingerprint density at radius 3 is 2.71 bits per heavy atom. The maximum atomic E-state index is 12.9. The molecule has 106 valence electrons. The van der Waals surface area contributed by atoms with Gasteiger partial charge < -0.3 is 9.26 Å². The highest BCUT2D eigenvalue weighted by atomic mass is 35.5. The summed E-state index contributed by atoms with van der Waals surface area (Å²) in [7, 11) is 1.54. The van der Waals surface area contributed by atoms with Crippen LogP contribution in [-0.4, -0.2) is 12.3 Å². The zero-order chi connectivity index (χ0) is 14.8. The highest BCUT2D eigenvalue weighted by Crippen LogP contribution is 2.35. The Kier molecular flexibility index (Phi) is 3.62. The lowest BCUT2D eigenvalue weighted by Crippen LogP contribution is -1.86. The molecule has 3 rings (SSSR count). The standard InChI is InChI=1S/C16H11ClFNO2/c1-20-14-8-11(13-9-19-21-16(13)15(14)17)5-2-10-3-6-12(18)7-4-10/h2-9H,1H3/b5-2+. The van der Waals surface area contributed by atoms with Gasteiger partial charge in [-0.2, -0.15) is 0 Å². The van der Waals surface area contributed by atoms with Crippen LogP contribution in [0.15, 0.2) is 41.1 Å². The van der Waals surface area contributed by atoms with Gasteiger partial charge in [-0.25, -0.2) is 4.39 Å². The van der Waals surface area contributed by atoms with Crippen molar-refractivity contribution in [1.82, 2.24) is 5.16 Å². The molecule has 0 aliphatic rings. The normalized spacial score (nSPS) is 11.4. The fourth-order valence-corrected chi connectivity index (χ4v) is 2.31. The van der Waals surface area contributed by atoms with Gasteiger partial charge in [-0.1, -0.05) is 41.0 Å². The molecule has 2 aromatic carbocycles. The molecule has 5 heteroatoms. The lowest BCUT2D eigenvalue weighted by atomic mass is 10.1. The summed E-state index contributed by atoms with van der Waals surface area (Å²) in [5, 5.41) is 4.95. The van der Waals surface area contributed by atoms with E-state index >= 15 is 0 Å². The van der Waals surface area contributed by atoms with Gasteiger partial charge in [0.1, 0.15) is 16.6 Å². The molecular weight excluding hydrogens is 293 g/mol. The Bertz CT molecular complexity index is 809. The van der Waals surface area contributed by atoms with Crippen molar-refractivity contribution in [3.8, 4) is 5.75 Å². The van der Waals surface area contributed by atoms with Gasteiger partial charge in [0.05, 0.1) is 18.7 Å². The van der Waals surface area contributed by atoms with Crippen LogP contribution in [0.1, 0.15) is 11.1 Å². The predicted octanol–water partition coefficient (Wildman–Crippen LogP) is 4.80. The monoisotopic (exact) mass is 303 g/mol. The number of hydrogen-bond donors (Lipinski definition) is 0. The molecule has 0 fully saturated rings. The number of benzene rings is 2. The number of aromatic nitrogens is 1. The van der Waals surface area contributed by atoms with Gasteiger partial charge in [-0.05, 0) is 29.3 Å². The summed E-state index contributed by atoms with van der Waals surface area (Å²) >= 11 is 6.17. The molecule has 0 saturated heterocycles. The lowest BCUT2D eigenvalue weighted by Gasteiger charge is -2.05. The molecule has 0 bridgehead atoms. The Labute approximate surface area is 125 Å². The largest absolute Gasteiger partial charge is 0.495 e. The first kappa shape index (κ1) is 13.6. The summed E-state index contributed by atoms with van der Waals surface area (Å²) in [6.45, 7) is 0. The van der Waals surface area contributed by atoms with Crippen LogP contribution in [0.25, 0.3) is 23.1 Å². The second-order valence-electron chi connectivity index (χ2n) is 4.44. The lowest BCUT2D eigenvalue weighted by molar-refractivity contribution is 0.412. The van der Waals surface area contributed by atoms with Gasteiger partial charge in [0, 0.05) is 0 Å². The molecule has 0 aliphatic carbocycles. The molecule has 1 heterocycles. The van der Waals surface area contributed by atoms with Gasteiger partial charge in [0.25, 0.3) is 0 Å². The summed E-state index contributed by atoms with van der Waals surface area (Å²) < 4.78 is 23.3. The molecule has 0 aliphatic heterocycles. The number of methoxy groups -OCH3 is 1. The van der Waals surface area contributed by atoms with Crippen LogP contribution in [0, 0.1) is 5.82 Å². The molecule has 3 nitrogen and oxygen atoms in total. The average Bonchev–Trinajstić information content (AvgIpc) is 2.98. The molecule has 0 atom stereocenters. The maximum Gasteiger partial charge on any atom is 0.189 e. The average molecular weight is 304 g/mol. The van der Waals surface area contributed by atoms with Crippen molar-refractivity contribution >= 4 is 34.7 Å². The number of rotatable bonds is 3. The quantitative estimate of drug-likeness (QED) is 0.652. The molecule has 0 unspecified atom stereocenters. The number of fused-ring (bicyclic) bond motifs is 1. The van der Waals surface area contributed by atoms with E-state index in [1.165, 1.54) is 19.2 Å². The van der Waals surface area contributed by atoms with Crippen molar-refractivity contribution in [2.75, 3.05) is 7.11 Å². The van der Waals surface area contributed by atoms with Gasteiger partial charge in [0.15, 0.2) is 5.58 Å². The highest BCUT2D eigenvalue weighted by molar-refractivity contribution is 6.36. The Morgan fingerprint density at radius 2 is 2.00 bits per heavy atom. The molecule has 0 spiro atoms. The van der Waals surface area contributed by atoms with Crippen LogP contribution in [0.3, 0.4) is 0 Å². The fourth-order valence-electron chi connectivity index (χ4n) is 2.04. The Morgan fingerprint density at radius 1 is 1.24 bits per heavy atom. The minimum atomic E-state index is -0.262. The van der Waals surface area contributed by atoms with E-state index < -0.39 is 0 Å². The van der Waals surface area contributed by atoms with Crippen LogP contribution in [0.2, 0.25) is 5.02 Å². The first-order chi connectivity index (χ1) is 10.2. The third-order valence-electron chi connectivity index (χ3n) is 3.13. The van der Waals surface area contributed by atoms with E-state index in [4.69, 9.17) is 20.9 Å². The van der Waals surface area contributed by atoms with Crippen LogP contribution in [-0.2, 0) is 0 Å². The molecule has 1 aromatic heterocycles. The zero-order valence-electron chi connectivity index (χ0n) is 11.1. The minimum absolute atomic E-state index is 0.262. The van der Waals surface area contributed by atoms with Crippen molar-refractivity contribution in [3.63, 3.8) is 0 Å². The minimum Gasteiger partial charge on any atom is -0.495 e. The van der Waals surface area contributed by atoms with Gasteiger partial charge in [-0.15, -0.1) is 0 Å². The number of halogens is 2. The molecule has 0 radical (unpaired) electrons. The molecule has 0 amide bonds. The number of hydrogen-bond acceptors (Lipinski definition) is 3.